The minimum atomic E-state index is -0.701. The Morgan fingerprint density at radius 3 is 2.56 bits per heavy atom. The number of carbonyl (C=O) groups is 2. The molecule has 0 bridgehead atoms. The van der Waals surface area contributed by atoms with Crippen LogP contribution in [-0.4, -0.2) is 17.9 Å². The van der Waals surface area contributed by atoms with Gasteiger partial charge in [0, 0.05) is 11.3 Å². The first-order chi connectivity index (χ1) is 7.41. The van der Waals surface area contributed by atoms with Gasteiger partial charge in [0.05, 0.1) is 0 Å². The maximum atomic E-state index is 11.8. The van der Waals surface area contributed by atoms with Gasteiger partial charge in [-0.05, 0) is 31.5 Å². The third-order valence-electron chi connectivity index (χ3n) is 2.28. The minimum Gasteiger partial charge on any atom is -0.399 e. The first kappa shape index (κ1) is 12.0. The van der Waals surface area contributed by atoms with Crippen LogP contribution in [0.4, 0.5) is 5.69 Å². The van der Waals surface area contributed by atoms with Gasteiger partial charge in [-0.1, -0.05) is 6.07 Å². The van der Waals surface area contributed by atoms with Crippen molar-refractivity contribution in [2.24, 2.45) is 5.73 Å². The minimum absolute atomic E-state index is 0.351. The molecule has 0 aliphatic carbocycles. The van der Waals surface area contributed by atoms with Gasteiger partial charge in [-0.15, -0.1) is 0 Å². The smallest absolute Gasteiger partial charge is 0.252 e. The summed E-state index contributed by atoms with van der Waals surface area (Å²) in [5, 5.41) is 2.49. The zero-order chi connectivity index (χ0) is 12.3. The molecule has 1 aromatic carbocycles. The Morgan fingerprint density at radius 2 is 2.00 bits per heavy atom. The second-order valence-electron chi connectivity index (χ2n) is 3.67. The van der Waals surface area contributed by atoms with E-state index in [9.17, 15) is 9.59 Å². The van der Waals surface area contributed by atoms with Gasteiger partial charge in [0.2, 0.25) is 5.91 Å². The predicted octanol–water partition coefficient (Wildman–Crippen LogP) is 0.181. The fourth-order valence-corrected chi connectivity index (χ4v) is 1.23. The highest BCUT2D eigenvalue weighted by atomic mass is 16.2. The molecule has 1 rings (SSSR count). The summed E-state index contributed by atoms with van der Waals surface area (Å²) in [6, 6.07) is 4.33. The molecule has 5 N–H and O–H groups in total. The van der Waals surface area contributed by atoms with Crippen LogP contribution < -0.4 is 16.8 Å². The molecule has 0 saturated carbocycles. The lowest BCUT2D eigenvalue weighted by molar-refractivity contribution is -0.119. The Hall–Kier alpha value is -2.04. The van der Waals surface area contributed by atoms with Crippen molar-refractivity contribution < 1.29 is 9.59 Å². The summed E-state index contributed by atoms with van der Waals surface area (Å²) in [4.78, 5) is 22.6. The van der Waals surface area contributed by atoms with Crippen molar-refractivity contribution in [3.8, 4) is 0 Å². The average molecular weight is 221 g/mol. The Balaban J connectivity index is 2.88. The zero-order valence-corrected chi connectivity index (χ0v) is 9.28. The lowest BCUT2D eigenvalue weighted by Gasteiger charge is -2.12. The van der Waals surface area contributed by atoms with Crippen molar-refractivity contribution in [2.75, 3.05) is 5.73 Å². The number of anilines is 1. The van der Waals surface area contributed by atoms with Gasteiger partial charge in [-0.25, -0.2) is 0 Å². The fourth-order valence-electron chi connectivity index (χ4n) is 1.23. The molecule has 0 aromatic heterocycles. The van der Waals surface area contributed by atoms with Gasteiger partial charge in [-0.3, -0.25) is 9.59 Å². The number of nitrogens with two attached hydrogens (primary N) is 2. The lowest BCUT2D eigenvalue weighted by Crippen LogP contribution is -2.42. The molecule has 0 aliphatic rings. The van der Waals surface area contributed by atoms with Crippen LogP contribution >= 0.6 is 0 Å². The molecule has 0 unspecified atom stereocenters. The first-order valence-corrected chi connectivity index (χ1v) is 4.88. The third-order valence-corrected chi connectivity index (χ3v) is 2.28. The van der Waals surface area contributed by atoms with E-state index < -0.39 is 11.9 Å². The van der Waals surface area contributed by atoms with Crippen LogP contribution in [0.2, 0.25) is 0 Å². The number of nitrogens with one attached hydrogen (secondary N) is 1. The first-order valence-electron chi connectivity index (χ1n) is 4.88. The summed E-state index contributed by atoms with van der Waals surface area (Å²) in [6.07, 6.45) is 0. The topological polar surface area (TPSA) is 98.2 Å². The van der Waals surface area contributed by atoms with Gasteiger partial charge in [-0.2, -0.15) is 0 Å². The van der Waals surface area contributed by atoms with Crippen LogP contribution in [0.5, 0.6) is 0 Å². The number of rotatable bonds is 3. The summed E-state index contributed by atoms with van der Waals surface area (Å²) >= 11 is 0. The second kappa shape index (κ2) is 4.65. The van der Waals surface area contributed by atoms with E-state index in [1.54, 1.807) is 25.1 Å². The highest BCUT2D eigenvalue weighted by Crippen LogP contribution is 2.12. The normalized spacial score (nSPS) is 11.9. The van der Waals surface area contributed by atoms with Crippen LogP contribution in [0.25, 0.3) is 0 Å². The van der Waals surface area contributed by atoms with Gasteiger partial charge >= 0.3 is 0 Å². The van der Waals surface area contributed by atoms with E-state index in [0.717, 1.165) is 5.56 Å². The van der Waals surface area contributed by atoms with E-state index >= 15 is 0 Å². The Bertz CT molecular complexity index is 429. The van der Waals surface area contributed by atoms with Crippen LogP contribution in [0.3, 0.4) is 0 Å². The molecule has 5 nitrogen and oxygen atoms in total. The molecule has 1 atom stereocenters. The molecule has 0 heterocycles. The van der Waals surface area contributed by atoms with Crippen molar-refractivity contribution >= 4 is 17.5 Å². The van der Waals surface area contributed by atoms with E-state index in [0.29, 0.717) is 11.3 Å². The highest BCUT2D eigenvalue weighted by molar-refractivity contribution is 5.98. The maximum absolute atomic E-state index is 11.8. The molecule has 0 fully saturated rings. The molecular formula is C11H15N3O2. The Labute approximate surface area is 93.8 Å². The quantitative estimate of drug-likeness (QED) is 0.635. The van der Waals surface area contributed by atoms with E-state index in [-0.39, 0.29) is 5.91 Å². The highest BCUT2D eigenvalue weighted by Gasteiger charge is 2.15. The van der Waals surface area contributed by atoms with Crippen LogP contribution in [-0.2, 0) is 4.79 Å². The summed E-state index contributed by atoms with van der Waals surface area (Å²) in [6.45, 7) is 3.32. The average Bonchev–Trinajstić information content (AvgIpc) is 2.21. The monoisotopic (exact) mass is 221 g/mol. The molecule has 0 saturated heterocycles. The number of benzene rings is 1. The number of nitrogen functional groups attached to an aromatic ring is 1. The zero-order valence-electron chi connectivity index (χ0n) is 9.28. The van der Waals surface area contributed by atoms with Gasteiger partial charge in [0.25, 0.3) is 5.91 Å². The van der Waals surface area contributed by atoms with Crippen molar-refractivity contribution in [1.82, 2.24) is 5.32 Å². The number of hydrogen-bond donors (Lipinski definition) is 3. The third kappa shape index (κ3) is 2.73. The van der Waals surface area contributed by atoms with Crippen molar-refractivity contribution in [3.05, 3.63) is 29.3 Å². The number of aryl methyl sites for hydroxylation is 1. The van der Waals surface area contributed by atoms with Crippen molar-refractivity contribution in [1.29, 1.82) is 0 Å². The van der Waals surface area contributed by atoms with E-state index in [1.165, 1.54) is 6.92 Å². The number of carbonyl (C=O) groups excluding carboxylic acids is 2. The largest absolute Gasteiger partial charge is 0.399 e. The van der Waals surface area contributed by atoms with Crippen LogP contribution in [0.15, 0.2) is 18.2 Å². The summed E-state index contributed by atoms with van der Waals surface area (Å²) in [7, 11) is 0. The SMILES string of the molecule is Cc1ccc(N)cc1C(=O)N[C@@H](C)C(N)=O. The molecule has 2 amide bonds. The number of primary amides is 1. The van der Waals surface area contributed by atoms with E-state index in [1.807, 2.05) is 0 Å². The molecule has 0 radical (unpaired) electrons. The Kier molecular flexibility index (Phi) is 3.50. The molecule has 86 valence electrons. The number of amides is 2. The molecule has 0 aliphatic heterocycles. The number of hydrogen-bond acceptors (Lipinski definition) is 3. The summed E-state index contributed by atoms with van der Waals surface area (Å²) in [5.41, 5.74) is 12.4. The van der Waals surface area contributed by atoms with Crippen LogP contribution in [0, 0.1) is 6.92 Å². The predicted molar refractivity (Wildman–Crippen MR) is 61.7 cm³/mol. The van der Waals surface area contributed by atoms with E-state index in [2.05, 4.69) is 5.32 Å². The van der Waals surface area contributed by atoms with Crippen LogP contribution in [0.1, 0.15) is 22.8 Å². The molecule has 5 heteroatoms. The Morgan fingerprint density at radius 1 is 1.38 bits per heavy atom. The maximum Gasteiger partial charge on any atom is 0.252 e. The van der Waals surface area contributed by atoms with Gasteiger partial charge in [0.15, 0.2) is 0 Å². The molecule has 1 aromatic rings. The lowest BCUT2D eigenvalue weighted by atomic mass is 10.1. The fraction of sp³-hybridized carbons (Fsp3) is 0.273. The summed E-state index contributed by atoms with van der Waals surface area (Å²) in [5.74, 6) is -0.925. The van der Waals surface area contributed by atoms with Crippen molar-refractivity contribution in [2.45, 2.75) is 19.9 Å². The van der Waals surface area contributed by atoms with Crippen molar-refractivity contribution in [3.63, 3.8) is 0 Å². The molecule has 16 heavy (non-hydrogen) atoms. The van der Waals surface area contributed by atoms with E-state index in [4.69, 9.17) is 11.5 Å². The molecule has 0 spiro atoms. The summed E-state index contributed by atoms with van der Waals surface area (Å²) < 4.78 is 0. The molecular weight excluding hydrogens is 206 g/mol. The standard InChI is InChI=1S/C11H15N3O2/c1-6-3-4-8(12)5-9(6)11(16)14-7(2)10(13)15/h3-5,7H,12H2,1-2H3,(H2,13,15)(H,14,16)/t7-/m0/s1. The van der Waals surface area contributed by atoms with Gasteiger partial charge in [0.1, 0.15) is 6.04 Å². The van der Waals surface area contributed by atoms with Gasteiger partial charge < -0.3 is 16.8 Å². The second-order valence-corrected chi connectivity index (χ2v) is 3.67.